The van der Waals surface area contributed by atoms with Crippen LogP contribution in [0.5, 0.6) is 5.88 Å². The minimum atomic E-state index is -0.567. The van der Waals surface area contributed by atoms with Gasteiger partial charge in [0, 0.05) is 32.4 Å². The van der Waals surface area contributed by atoms with E-state index in [0.717, 1.165) is 4.57 Å². The molecule has 0 bridgehead atoms. The van der Waals surface area contributed by atoms with E-state index in [1.807, 2.05) is 0 Å². The Morgan fingerprint density at radius 2 is 1.54 bits per heavy atom. The van der Waals surface area contributed by atoms with E-state index in [1.165, 1.54) is 29.2 Å². The van der Waals surface area contributed by atoms with E-state index in [4.69, 9.17) is 34.8 Å². The van der Waals surface area contributed by atoms with Gasteiger partial charge in [0.05, 0.1) is 17.3 Å². The average molecular weight is 436 g/mol. The summed E-state index contributed by atoms with van der Waals surface area (Å²) in [6, 6.07) is 12.1. The van der Waals surface area contributed by atoms with Crippen LogP contribution in [0, 0.1) is 0 Å². The van der Waals surface area contributed by atoms with E-state index in [9.17, 15) is 14.7 Å². The Morgan fingerprint density at radius 1 is 0.893 bits per heavy atom. The summed E-state index contributed by atoms with van der Waals surface area (Å²) >= 11 is 18.1. The fourth-order valence-electron chi connectivity index (χ4n) is 3.52. The van der Waals surface area contributed by atoms with Gasteiger partial charge < -0.3 is 10.0 Å². The molecule has 0 radical (unpaired) electrons. The van der Waals surface area contributed by atoms with Crippen LogP contribution in [0.3, 0.4) is 0 Å². The van der Waals surface area contributed by atoms with Crippen molar-refractivity contribution < 1.29 is 9.90 Å². The molecule has 4 rings (SSSR count). The molecule has 0 fully saturated rings. The second-order valence-corrected chi connectivity index (χ2v) is 7.74. The van der Waals surface area contributed by atoms with Gasteiger partial charge in [0.1, 0.15) is 0 Å². The minimum absolute atomic E-state index is 0.152. The highest BCUT2D eigenvalue weighted by molar-refractivity contribution is 6.35. The van der Waals surface area contributed by atoms with Crippen molar-refractivity contribution in [1.82, 2.24) is 4.57 Å². The van der Waals surface area contributed by atoms with Gasteiger partial charge >= 0.3 is 0 Å². The normalized spacial score (nSPS) is 15.8. The van der Waals surface area contributed by atoms with Crippen LogP contribution in [0.2, 0.25) is 15.1 Å². The summed E-state index contributed by atoms with van der Waals surface area (Å²) in [6.07, 6.45) is 0. The van der Waals surface area contributed by atoms with E-state index in [2.05, 4.69) is 0 Å². The third kappa shape index (κ3) is 2.96. The number of rotatable bonds is 2. The highest BCUT2D eigenvalue weighted by atomic mass is 35.5. The topological polar surface area (TPSA) is 62.5 Å². The van der Waals surface area contributed by atoms with Crippen LogP contribution in [-0.2, 0) is 0 Å². The molecule has 3 aromatic rings. The lowest BCUT2D eigenvalue weighted by Gasteiger charge is -2.22. The largest absolute Gasteiger partial charge is 0.494 e. The van der Waals surface area contributed by atoms with Crippen molar-refractivity contribution in [3.05, 3.63) is 85.1 Å². The fraction of sp³-hybridized carbons (Fsp3) is 0.100. The van der Waals surface area contributed by atoms with Crippen molar-refractivity contribution in [3.63, 3.8) is 0 Å². The second kappa shape index (κ2) is 6.85. The molecular weight excluding hydrogens is 423 g/mol. The number of hydrogen-bond acceptors (Lipinski definition) is 3. The molecule has 1 N–H and O–H groups in total. The monoisotopic (exact) mass is 434 g/mol. The SMILES string of the molecule is CC1c2c(cc(=O)n(-c3cc(Cl)cc(Cl)c3)c2O)C(=O)N1c1cccc(Cl)c1. The number of benzene rings is 2. The zero-order chi connectivity index (χ0) is 20.2. The van der Waals surface area contributed by atoms with Crippen molar-refractivity contribution in [2.75, 3.05) is 4.90 Å². The molecule has 0 spiro atoms. The van der Waals surface area contributed by atoms with Crippen LogP contribution in [0.15, 0.2) is 53.3 Å². The Labute approximate surface area is 175 Å². The van der Waals surface area contributed by atoms with Crippen molar-refractivity contribution in [3.8, 4) is 11.6 Å². The maximum Gasteiger partial charge on any atom is 0.259 e. The van der Waals surface area contributed by atoms with Crippen LogP contribution in [-0.4, -0.2) is 15.6 Å². The summed E-state index contributed by atoms with van der Waals surface area (Å²) in [4.78, 5) is 27.1. The van der Waals surface area contributed by atoms with Crippen LogP contribution in [0.1, 0.15) is 28.9 Å². The molecule has 1 atom stereocenters. The first-order chi connectivity index (χ1) is 13.3. The smallest absolute Gasteiger partial charge is 0.259 e. The van der Waals surface area contributed by atoms with Crippen molar-refractivity contribution >= 4 is 46.4 Å². The average Bonchev–Trinajstić information content (AvgIpc) is 2.84. The van der Waals surface area contributed by atoms with E-state index in [0.29, 0.717) is 32.0 Å². The lowest BCUT2D eigenvalue weighted by atomic mass is 10.1. The zero-order valence-electron chi connectivity index (χ0n) is 14.5. The summed E-state index contributed by atoms with van der Waals surface area (Å²) in [5.41, 5.74) is 0.817. The molecule has 142 valence electrons. The molecular formula is C20H13Cl3N2O3. The third-order valence-corrected chi connectivity index (χ3v) is 5.35. The molecule has 0 aliphatic carbocycles. The number of halogens is 3. The molecule has 1 aliphatic heterocycles. The lowest BCUT2D eigenvalue weighted by molar-refractivity contribution is 0.0992. The van der Waals surface area contributed by atoms with E-state index in [1.54, 1.807) is 31.2 Å². The molecule has 8 heteroatoms. The van der Waals surface area contributed by atoms with E-state index < -0.39 is 11.6 Å². The maximum absolute atomic E-state index is 13.0. The number of aromatic hydroxyl groups is 1. The summed E-state index contributed by atoms with van der Waals surface area (Å²) in [6.45, 7) is 1.77. The predicted molar refractivity (Wildman–Crippen MR) is 110 cm³/mol. The maximum atomic E-state index is 13.0. The number of amides is 1. The van der Waals surface area contributed by atoms with Gasteiger partial charge in [-0.05, 0) is 43.3 Å². The molecule has 1 aromatic heterocycles. The van der Waals surface area contributed by atoms with Crippen LogP contribution in [0.4, 0.5) is 5.69 Å². The first-order valence-electron chi connectivity index (χ1n) is 8.32. The minimum Gasteiger partial charge on any atom is -0.494 e. The highest BCUT2D eigenvalue weighted by Crippen LogP contribution is 2.42. The van der Waals surface area contributed by atoms with Gasteiger partial charge in [-0.15, -0.1) is 0 Å². The number of pyridine rings is 1. The number of nitrogens with zero attached hydrogens (tertiary/aromatic N) is 2. The molecule has 1 amide bonds. The third-order valence-electron chi connectivity index (χ3n) is 4.68. The van der Waals surface area contributed by atoms with Gasteiger partial charge in [-0.3, -0.25) is 9.59 Å². The number of carbonyl (C=O) groups is 1. The number of carbonyl (C=O) groups excluding carboxylic acids is 1. The number of hydrogen-bond donors (Lipinski definition) is 1. The van der Waals surface area contributed by atoms with Crippen molar-refractivity contribution in [2.24, 2.45) is 0 Å². The quantitative estimate of drug-likeness (QED) is 0.600. The first kappa shape index (κ1) is 18.9. The predicted octanol–water partition coefficient (Wildman–Crippen LogP) is 5.22. The van der Waals surface area contributed by atoms with Gasteiger partial charge in [0.15, 0.2) is 0 Å². The van der Waals surface area contributed by atoms with Gasteiger partial charge in [-0.2, -0.15) is 0 Å². The molecule has 2 heterocycles. The lowest BCUT2D eigenvalue weighted by Crippen LogP contribution is -2.26. The fourth-order valence-corrected chi connectivity index (χ4v) is 4.22. The van der Waals surface area contributed by atoms with E-state index >= 15 is 0 Å². The number of fused-ring (bicyclic) bond motifs is 1. The Balaban J connectivity index is 1.91. The van der Waals surface area contributed by atoms with Crippen LogP contribution < -0.4 is 10.5 Å². The second-order valence-electron chi connectivity index (χ2n) is 6.43. The summed E-state index contributed by atoms with van der Waals surface area (Å²) < 4.78 is 1.09. The zero-order valence-corrected chi connectivity index (χ0v) is 16.8. The van der Waals surface area contributed by atoms with E-state index in [-0.39, 0.29) is 17.4 Å². The number of aromatic nitrogens is 1. The molecule has 0 saturated heterocycles. The molecule has 1 unspecified atom stereocenters. The molecule has 0 saturated carbocycles. The Bertz CT molecular complexity index is 1170. The van der Waals surface area contributed by atoms with Crippen molar-refractivity contribution in [1.29, 1.82) is 0 Å². The Morgan fingerprint density at radius 3 is 2.18 bits per heavy atom. The number of anilines is 1. The molecule has 28 heavy (non-hydrogen) atoms. The van der Waals surface area contributed by atoms with Gasteiger partial charge in [0.25, 0.3) is 11.5 Å². The highest BCUT2D eigenvalue weighted by Gasteiger charge is 2.39. The van der Waals surface area contributed by atoms with Gasteiger partial charge in [-0.1, -0.05) is 40.9 Å². The van der Waals surface area contributed by atoms with Gasteiger partial charge in [-0.25, -0.2) is 4.57 Å². The van der Waals surface area contributed by atoms with Crippen molar-refractivity contribution in [2.45, 2.75) is 13.0 Å². The molecule has 1 aliphatic rings. The summed E-state index contributed by atoms with van der Waals surface area (Å²) in [7, 11) is 0. The van der Waals surface area contributed by atoms with Gasteiger partial charge in [0.2, 0.25) is 5.88 Å². The first-order valence-corrected chi connectivity index (χ1v) is 9.46. The Hall–Kier alpha value is -2.47. The summed E-state index contributed by atoms with van der Waals surface area (Å²) in [5.74, 6) is -0.709. The van der Waals surface area contributed by atoms with Crippen LogP contribution >= 0.6 is 34.8 Å². The summed E-state index contributed by atoms with van der Waals surface area (Å²) in [5, 5.41) is 12.0. The van der Waals surface area contributed by atoms with Crippen LogP contribution in [0.25, 0.3) is 5.69 Å². The molecule has 5 nitrogen and oxygen atoms in total. The standard InChI is InChI=1S/C20H13Cl3N2O3/c1-10-18-16(19(27)24(10)14-4-2-3-11(21)6-14)9-17(26)25(20(18)28)15-7-12(22)5-13(23)8-15/h2-10,28H,1H3. The molecule has 2 aromatic carbocycles. The Kier molecular flexibility index (Phi) is 4.62.